The number of nitrogens with two attached hydrogens (primary N) is 1. The lowest BCUT2D eigenvalue weighted by Gasteiger charge is -2.27. The van der Waals surface area contributed by atoms with Crippen LogP contribution in [0.15, 0.2) is 70.5 Å². The number of rotatable bonds is 0. The van der Waals surface area contributed by atoms with Gasteiger partial charge in [-0.25, -0.2) is 0 Å². The van der Waals surface area contributed by atoms with Crippen LogP contribution in [0.3, 0.4) is 0 Å². The van der Waals surface area contributed by atoms with E-state index in [1.54, 1.807) is 0 Å². The van der Waals surface area contributed by atoms with Gasteiger partial charge >= 0.3 is 0 Å². The predicted octanol–water partition coefficient (Wildman–Crippen LogP) is 3.94. The molecule has 0 unspecified atom stereocenters. The molecule has 2 N–H and O–H groups in total. The lowest BCUT2D eigenvalue weighted by molar-refractivity contribution is 0.564. The Balaban J connectivity index is 2.26. The normalized spacial score (nSPS) is 28.2. The van der Waals surface area contributed by atoms with Gasteiger partial charge < -0.3 is 5.73 Å². The molecule has 0 saturated carbocycles. The van der Waals surface area contributed by atoms with Crippen LogP contribution in [0.5, 0.6) is 0 Å². The Morgan fingerprint density at radius 2 is 1.78 bits per heavy atom. The lowest BCUT2D eigenvalue weighted by Crippen LogP contribution is -2.19. The van der Waals surface area contributed by atoms with E-state index in [9.17, 15) is 0 Å². The van der Waals surface area contributed by atoms with E-state index in [-0.39, 0.29) is 5.41 Å². The van der Waals surface area contributed by atoms with Gasteiger partial charge in [-0.05, 0) is 35.1 Å². The first-order valence-corrected chi connectivity index (χ1v) is 6.58. The average Bonchev–Trinajstić information content (AvgIpc) is 2.47. The second kappa shape index (κ2) is 3.88. The molecule has 0 aromatic rings. The molecule has 0 heterocycles. The molecule has 0 saturated heterocycles. The van der Waals surface area contributed by atoms with E-state index in [4.69, 9.17) is 5.73 Å². The van der Waals surface area contributed by atoms with E-state index in [0.717, 1.165) is 18.5 Å². The second-order valence-corrected chi connectivity index (χ2v) is 5.61. The van der Waals surface area contributed by atoms with Crippen LogP contribution in [0.4, 0.5) is 0 Å². The van der Waals surface area contributed by atoms with Crippen molar-refractivity contribution < 1.29 is 0 Å². The molecule has 0 atom stereocenters. The zero-order chi connectivity index (χ0) is 12.8. The monoisotopic (exact) mass is 237 g/mol. The second-order valence-electron chi connectivity index (χ2n) is 5.61. The zero-order valence-corrected chi connectivity index (χ0v) is 11.0. The van der Waals surface area contributed by atoms with Crippen LogP contribution in [-0.2, 0) is 0 Å². The van der Waals surface area contributed by atoms with Gasteiger partial charge in [0.05, 0.1) is 0 Å². The van der Waals surface area contributed by atoms with Crippen molar-refractivity contribution in [3.63, 3.8) is 0 Å². The molecule has 0 radical (unpaired) electrons. The van der Waals surface area contributed by atoms with Gasteiger partial charge in [0.15, 0.2) is 0 Å². The molecule has 92 valence electrons. The molecule has 0 aliphatic heterocycles. The highest BCUT2D eigenvalue weighted by Gasteiger charge is 2.40. The van der Waals surface area contributed by atoms with Gasteiger partial charge in [0.1, 0.15) is 0 Å². The molecule has 3 rings (SSSR count). The smallest absolute Gasteiger partial charge is 0.0175 e. The summed E-state index contributed by atoms with van der Waals surface area (Å²) < 4.78 is 0. The Morgan fingerprint density at radius 1 is 1.06 bits per heavy atom. The van der Waals surface area contributed by atoms with Crippen LogP contribution in [0.25, 0.3) is 0 Å². The van der Waals surface area contributed by atoms with Crippen molar-refractivity contribution in [2.45, 2.75) is 26.7 Å². The zero-order valence-electron chi connectivity index (χ0n) is 11.0. The number of hydrogen-bond acceptors (Lipinski definition) is 1. The lowest BCUT2D eigenvalue weighted by atomic mass is 9.77. The van der Waals surface area contributed by atoms with E-state index < -0.39 is 0 Å². The van der Waals surface area contributed by atoms with Crippen molar-refractivity contribution in [1.82, 2.24) is 0 Å². The minimum absolute atomic E-state index is 0.0255. The summed E-state index contributed by atoms with van der Waals surface area (Å²) in [5.41, 5.74) is 12.8. The van der Waals surface area contributed by atoms with E-state index in [2.05, 4.69) is 56.4 Å². The van der Waals surface area contributed by atoms with Crippen LogP contribution in [0.1, 0.15) is 26.7 Å². The highest BCUT2D eigenvalue weighted by Crippen LogP contribution is 2.53. The van der Waals surface area contributed by atoms with Gasteiger partial charge in [0.25, 0.3) is 0 Å². The minimum atomic E-state index is 0.0255. The van der Waals surface area contributed by atoms with E-state index in [1.165, 1.54) is 22.3 Å². The summed E-state index contributed by atoms with van der Waals surface area (Å²) in [6.07, 6.45) is 17.2. The molecule has 18 heavy (non-hydrogen) atoms. The van der Waals surface area contributed by atoms with Gasteiger partial charge in [-0.15, -0.1) is 0 Å². The average molecular weight is 237 g/mol. The topological polar surface area (TPSA) is 26.0 Å². The fraction of sp³-hybridized carbons (Fsp3) is 0.294. The number of hydrogen-bond donors (Lipinski definition) is 1. The van der Waals surface area contributed by atoms with Crippen LogP contribution < -0.4 is 5.73 Å². The fourth-order valence-electron chi connectivity index (χ4n) is 3.28. The highest BCUT2D eigenvalue weighted by atomic mass is 14.6. The number of fused-ring (bicyclic) bond motifs is 2. The van der Waals surface area contributed by atoms with Gasteiger partial charge in [-0.1, -0.05) is 56.4 Å². The molecule has 3 aliphatic rings. The molecule has 0 aromatic heterocycles. The molecule has 3 aliphatic carbocycles. The SMILES string of the molecule is CC1(C)C2=C(/C=C\C=C/C=C2)C2=CCCC(N)=C21. The van der Waals surface area contributed by atoms with E-state index in [0.29, 0.717) is 0 Å². The molecule has 1 heteroatoms. The van der Waals surface area contributed by atoms with Gasteiger partial charge in [-0.3, -0.25) is 0 Å². The maximum absolute atomic E-state index is 6.28. The molecule has 0 bridgehead atoms. The Morgan fingerprint density at radius 3 is 2.56 bits per heavy atom. The molecule has 1 nitrogen and oxygen atoms in total. The van der Waals surface area contributed by atoms with Crippen molar-refractivity contribution in [2.24, 2.45) is 11.1 Å². The summed E-state index contributed by atoms with van der Waals surface area (Å²) in [5, 5.41) is 0. The van der Waals surface area contributed by atoms with Crippen molar-refractivity contribution in [1.29, 1.82) is 0 Å². The summed E-state index contributed by atoms with van der Waals surface area (Å²) in [6.45, 7) is 4.56. The van der Waals surface area contributed by atoms with Crippen LogP contribution >= 0.6 is 0 Å². The fourth-order valence-corrected chi connectivity index (χ4v) is 3.28. The Hall–Kier alpha value is -1.76. The first kappa shape index (κ1) is 11.3. The Kier molecular flexibility index (Phi) is 2.44. The predicted molar refractivity (Wildman–Crippen MR) is 76.8 cm³/mol. The summed E-state index contributed by atoms with van der Waals surface area (Å²) in [7, 11) is 0. The van der Waals surface area contributed by atoms with Crippen LogP contribution in [0.2, 0.25) is 0 Å². The first-order valence-electron chi connectivity index (χ1n) is 6.58. The standard InChI is InChI=1S/C17H19N/c1-17(2)14-10-6-4-3-5-8-12(14)13-9-7-11-15(18)16(13)17/h3-6,8-10H,7,11,18H2,1-2H3/b4-3-,5-3?,6-4?,8-5-,10-6?,12-8?,14-10?. The number of allylic oxidation sites excluding steroid dienone is 12. The first-order chi connectivity index (χ1) is 8.62. The van der Waals surface area contributed by atoms with Gasteiger partial charge in [0.2, 0.25) is 0 Å². The van der Waals surface area contributed by atoms with Crippen LogP contribution in [-0.4, -0.2) is 0 Å². The summed E-state index contributed by atoms with van der Waals surface area (Å²) in [4.78, 5) is 0. The van der Waals surface area contributed by atoms with Crippen molar-refractivity contribution in [3.8, 4) is 0 Å². The summed E-state index contributed by atoms with van der Waals surface area (Å²) >= 11 is 0. The minimum Gasteiger partial charge on any atom is -0.402 e. The maximum Gasteiger partial charge on any atom is 0.0175 e. The Bertz CT molecular complexity index is 575. The van der Waals surface area contributed by atoms with Crippen molar-refractivity contribution in [2.75, 3.05) is 0 Å². The third-order valence-corrected chi connectivity index (χ3v) is 4.09. The molecule has 0 spiro atoms. The van der Waals surface area contributed by atoms with Gasteiger partial charge in [0, 0.05) is 11.1 Å². The molecule has 0 amide bonds. The van der Waals surface area contributed by atoms with Crippen molar-refractivity contribution >= 4 is 0 Å². The summed E-state index contributed by atoms with van der Waals surface area (Å²) in [5.74, 6) is 0. The highest BCUT2D eigenvalue weighted by molar-refractivity contribution is 5.70. The molecular weight excluding hydrogens is 218 g/mol. The summed E-state index contributed by atoms with van der Waals surface area (Å²) in [6, 6.07) is 0. The quantitative estimate of drug-likeness (QED) is 0.678. The van der Waals surface area contributed by atoms with Gasteiger partial charge in [-0.2, -0.15) is 0 Å². The Labute approximate surface area is 109 Å². The maximum atomic E-state index is 6.28. The largest absolute Gasteiger partial charge is 0.402 e. The third kappa shape index (κ3) is 1.47. The molecule has 0 aromatic carbocycles. The van der Waals surface area contributed by atoms with E-state index >= 15 is 0 Å². The van der Waals surface area contributed by atoms with Crippen LogP contribution in [0, 0.1) is 5.41 Å². The molecule has 0 fully saturated rings. The van der Waals surface area contributed by atoms with Crippen molar-refractivity contribution in [3.05, 3.63) is 70.5 Å². The van der Waals surface area contributed by atoms with E-state index in [1.807, 2.05) is 0 Å². The molecular formula is C17H19N. The third-order valence-electron chi connectivity index (χ3n) is 4.09.